The van der Waals surface area contributed by atoms with Crippen molar-refractivity contribution in [2.24, 2.45) is 0 Å². The van der Waals surface area contributed by atoms with Crippen LogP contribution in [0, 0.1) is 0 Å². The summed E-state index contributed by atoms with van der Waals surface area (Å²) in [6.45, 7) is 6.78. The molecule has 2 amide bonds. The van der Waals surface area contributed by atoms with E-state index in [-0.39, 0.29) is 40.6 Å². The summed E-state index contributed by atoms with van der Waals surface area (Å²) in [6, 6.07) is 9.35. The molecule has 2 aromatic heterocycles. The van der Waals surface area contributed by atoms with Crippen LogP contribution >= 0.6 is 0 Å². The van der Waals surface area contributed by atoms with Gasteiger partial charge in [0.1, 0.15) is 17.7 Å². The third kappa shape index (κ3) is 5.49. The molecule has 5 rings (SSSR count). The number of benzene rings is 1. The van der Waals surface area contributed by atoms with Crippen molar-refractivity contribution in [3.63, 3.8) is 0 Å². The third-order valence-corrected chi connectivity index (χ3v) is 6.93. The van der Waals surface area contributed by atoms with E-state index in [0.717, 1.165) is 29.6 Å². The summed E-state index contributed by atoms with van der Waals surface area (Å²) in [6.07, 6.45) is 7.55. The minimum absolute atomic E-state index is 0.0114. The van der Waals surface area contributed by atoms with E-state index >= 15 is 0 Å². The number of carbonyl (C=O) groups excluding carboxylic acids is 2. The van der Waals surface area contributed by atoms with Gasteiger partial charge in [0.15, 0.2) is 5.82 Å². The summed E-state index contributed by atoms with van der Waals surface area (Å²) in [5.74, 6) is -0.875. The number of hydrogen-bond acceptors (Lipinski definition) is 7. The standard InChI is InChI=1S/C28H30N6O4/c1-28(2,3)19-6-4-5-16(11-19)14-29-25(35)22-13-23(31-15-30-22)26(36)32-21-10-8-17-12-18(7-9-20(17)21)24-33-27(37)38-34-24/h4-6,9,11-13,15,18,21H,7-8,10,14H2,1-3H3,(H,29,35)(H,32,36)(H,33,34,37)/t18-,21-/m0/s1. The van der Waals surface area contributed by atoms with Crippen LogP contribution in [0.4, 0.5) is 0 Å². The third-order valence-electron chi connectivity index (χ3n) is 6.93. The Bertz CT molecular complexity index is 1490. The minimum atomic E-state index is -0.572. The van der Waals surface area contributed by atoms with Gasteiger partial charge < -0.3 is 10.6 Å². The van der Waals surface area contributed by atoms with Gasteiger partial charge in [-0.15, -0.1) is 0 Å². The fraction of sp³-hybridized carbons (Fsp3) is 0.357. The van der Waals surface area contributed by atoms with Crippen molar-refractivity contribution in [2.45, 2.75) is 64.0 Å². The van der Waals surface area contributed by atoms with Gasteiger partial charge in [-0.2, -0.15) is 0 Å². The fourth-order valence-corrected chi connectivity index (χ4v) is 4.84. The lowest BCUT2D eigenvalue weighted by molar-refractivity contribution is 0.0938. The number of allylic oxidation sites excluding steroid dienone is 2. The van der Waals surface area contributed by atoms with E-state index in [1.165, 1.54) is 18.0 Å². The van der Waals surface area contributed by atoms with Crippen molar-refractivity contribution < 1.29 is 14.1 Å². The molecule has 196 valence electrons. The second-order valence-electron chi connectivity index (χ2n) is 10.7. The van der Waals surface area contributed by atoms with Gasteiger partial charge in [0.25, 0.3) is 11.8 Å². The van der Waals surface area contributed by atoms with Crippen LogP contribution in [0.1, 0.15) is 83.9 Å². The van der Waals surface area contributed by atoms with Gasteiger partial charge >= 0.3 is 5.76 Å². The van der Waals surface area contributed by atoms with Crippen molar-refractivity contribution >= 4 is 11.8 Å². The number of hydrogen-bond donors (Lipinski definition) is 3. The van der Waals surface area contributed by atoms with Gasteiger partial charge in [-0.25, -0.2) is 14.8 Å². The quantitative estimate of drug-likeness (QED) is 0.458. The molecule has 10 nitrogen and oxygen atoms in total. The molecular weight excluding hydrogens is 484 g/mol. The molecule has 2 aliphatic carbocycles. The number of amides is 2. The molecule has 0 bridgehead atoms. The molecule has 0 saturated heterocycles. The van der Waals surface area contributed by atoms with E-state index in [1.54, 1.807) is 0 Å². The number of fused-ring (bicyclic) bond motifs is 1. The molecule has 1 saturated carbocycles. The molecule has 0 spiro atoms. The topological polar surface area (TPSA) is 143 Å². The molecule has 38 heavy (non-hydrogen) atoms. The van der Waals surface area contributed by atoms with Crippen molar-refractivity contribution in [1.29, 1.82) is 0 Å². The molecule has 3 N–H and O–H groups in total. The van der Waals surface area contributed by atoms with Gasteiger partial charge in [0.2, 0.25) is 0 Å². The minimum Gasteiger partial charge on any atom is -0.347 e. The van der Waals surface area contributed by atoms with Crippen LogP contribution in [-0.2, 0) is 12.0 Å². The molecule has 2 aliphatic rings. The summed E-state index contributed by atoms with van der Waals surface area (Å²) in [5, 5.41) is 9.71. The van der Waals surface area contributed by atoms with Gasteiger partial charge in [0, 0.05) is 18.5 Å². The lowest BCUT2D eigenvalue weighted by Crippen LogP contribution is -2.35. The number of H-pyrrole nitrogens is 1. The van der Waals surface area contributed by atoms with E-state index in [9.17, 15) is 14.4 Å². The van der Waals surface area contributed by atoms with E-state index in [0.29, 0.717) is 18.8 Å². The lowest BCUT2D eigenvalue weighted by atomic mass is 9.86. The van der Waals surface area contributed by atoms with E-state index in [4.69, 9.17) is 0 Å². The molecule has 3 aromatic rings. The molecular formula is C28H30N6O4. The maximum Gasteiger partial charge on any atom is 0.438 e. The predicted molar refractivity (Wildman–Crippen MR) is 139 cm³/mol. The summed E-state index contributed by atoms with van der Waals surface area (Å²) in [4.78, 5) is 47.8. The first-order valence-electron chi connectivity index (χ1n) is 12.6. The van der Waals surface area contributed by atoms with Crippen molar-refractivity contribution in [3.05, 3.63) is 98.8 Å². The number of aromatic amines is 1. The summed E-state index contributed by atoms with van der Waals surface area (Å²) in [7, 11) is 0. The number of aromatic nitrogens is 4. The largest absolute Gasteiger partial charge is 0.438 e. The maximum absolute atomic E-state index is 13.0. The Labute approximate surface area is 219 Å². The van der Waals surface area contributed by atoms with Gasteiger partial charge in [-0.05, 0) is 47.0 Å². The summed E-state index contributed by atoms with van der Waals surface area (Å²) < 4.78 is 4.62. The normalized spacial score (nSPS) is 18.8. The lowest BCUT2D eigenvalue weighted by Gasteiger charge is -2.20. The zero-order valence-corrected chi connectivity index (χ0v) is 21.6. The van der Waals surface area contributed by atoms with Crippen LogP contribution in [0.15, 0.2) is 69.3 Å². The highest BCUT2D eigenvalue weighted by molar-refractivity contribution is 5.97. The van der Waals surface area contributed by atoms with Gasteiger partial charge in [-0.3, -0.25) is 19.1 Å². The Balaban J connectivity index is 1.21. The van der Waals surface area contributed by atoms with Crippen molar-refractivity contribution in [2.75, 3.05) is 0 Å². The second kappa shape index (κ2) is 10.2. The number of nitrogens with one attached hydrogen (secondary N) is 3. The SMILES string of the molecule is CC(C)(C)c1cccc(CNC(=O)c2cc(C(=O)N[C@H]3CCC4=C[C@@H](c5noc(=O)[nH]5)CC=C43)ncn2)c1. The first-order chi connectivity index (χ1) is 18.2. The smallest absolute Gasteiger partial charge is 0.347 e. The molecule has 2 heterocycles. The molecule has 1 aromatic carbocycles. The van der Waals surface area contributed by atoms with E-state index in [2.05, 4.69) is 80.3 Å². The highest BCUT2D eigenvalue weighted by Crippen LogP contribution is 2.38. The highest BCUT2D eigenvalue weighted by atomic mass is 16.5. The average Bonchev–Trinajstić information content (AvgIpc) is 3.52. The van der Waals surface area contributed by atoms with Crippen LogP contribution < -0.4 is 16.4 Å². The monoisotopic (exact) mass is 514 g/mol. The van der Waals surface area contributed by atoms with Crippen molar-refractivity contribution in [3.8, 4) is 0 Å². The Kier molecular flexibility index (Phi) is 6.79. The molecule has 0 aliphatic heterocycles. The maximum atomic E-state index is 13.0. The van der Waals surface area contributed by atoms with E-state index in [1.807, 2.05) is 12.1 Å². The molecule has 1 fully saturated rings. The molecule has 2 atom stereocenters. The number of carbonyl (C=O) groups is 2. The van der Waals surface area contributed by atoms with Crippen LogP contribution in [0.5, 0.6) is 0 Å². The van der Waals surface area contributed by atoms with Gasteiger partial charge in [-0.1, -0.05) is 62.3 Å². The predicted octanol–water partition coefficient (Wildman–Crippen LogP) is 3.31. The van der Waals surface area contributed by atoms with Crippen LogP contribution in [0.2, 0.25) is 0 Å². The number of nitrogens with zero attached hydrogens (tertiary/aromatic N) is 3. The molecule has 10 heteroatoms. The van der Waals surface area contributed by atoms with Crippen LogP contribution in [-0.4, -0.2) is 38.0 Å². The molecule has 0 radical (unpaired) electrons. The van der Waals surface area contributed by atoms with Gasteiger partial charge in [0.05, 0.1) is 6.04 Å². The first kappa shape index (κ1) is 25.3. The zero-order valence-electron chi connectivity index (χ0n) is 21.6. The van der Waals surface area contributed by atoms with Crippen LogP contribution in [0.3, 0.4) is 0 Å². The molecule has 0 unspecified atom stereocenters. The average molecular weight is 515 g/mol. The second-order valence-corrected chi connectivity index (χ2v) is 10.7. The summed E-state index contributed by atoms with van der Waals surface area (Å²) >= 11 is 0. The summed E-state index contributed by atoms with van der Waals surface area (Å²) in [5.41, 5.74) is 4.63. The Morgan fingerprint density at radius 3 is 2.66 bits per heavy atom. The van der Waals surface area contributed by atoms with Crippen LogP contribution in [0.25, 0.3) is 0 Å². The van der Waals surface area contributed by atoms with E-state index < -0.39 is 5.76 Å². The Morgan fingerprint density at radius 2 is 1.92 bits per heavy atom. The Hall–Kier alpha value is -4.34. The zero-order chi connectivity index (χ0) is 26.9. The first-order valence-corrected chi connectivity index (χ1v) is 12.6. The highest BCUT2D eigenvalue weighted by Gasteiger charge is 2.31. The fourth-order valence-electron chi connectivity index (χ4n) is 4.84. The van der Waals surface area contributed by atoms with Crippen molar-refractivity contribution in [1.82, 2.24) is 30.7 Å². The Morgan fingerprint density at radius 1 is 1.13 bits per heavy atom. The number of rotatable bonds is 6.